The highest BCUT2D eigenvalue weighted by Crippen LogP contribution is 2.15. The van der Waals surface area contributed by atoms with Crippen LogP contribution >= 0.6 is 0 Å². The van der Waals surface area contributed by atoms with E-state index in [0.29, 0.717) is 6.54 Å². The summed E-state index contributed by atoms with van der Waals surface area (Å²) in [5, 5.41) is 3.90. The fraction of sp³-hybridized carbons (Fsp3) is 0.700. The van der Waals surface area contributed by atoms with Gasteiger partial charge in [0, 0.05) is 25.8 Å². The van der Waals surface area contributed by atoms with E-state index in [-0.39, 0.29) is 29.6 Å². The first kappa shape index (κ1) is 17.9. The second kappa shape index (κ2) is 7.20. The predicted molar refractivity (Wildman–Crippen MR) is 79.6 cm³/mol. The van der Waals surface area contributed by atoms with E-state index in [0.717, 1.165) is 6.42 Å². The second-order valence-electron chi connectivity index (χ2n) is 4.36. The van der Waals surface area contributed by atoms with Gasteiger partial charge in [-0.05, 0) is 6.42 Å². The molecule has 0 aliphatic carbocycles. The van der Waals surface area contributed by atoms with Crippen molar-refractivity contribution in [2.45, 2.75) is 31.7 Å². The summed E-state index contributed by atoms with van der Waals surface area (Å²) in [4.78, 5) is -0.142. The highest BCUT2D eigenvalue weighted by molar-refractivity contribution is 7.90. The molecule has 0 aromatic carbocycles. The van der Waals surface area contributed by atoms with Crippen LogP contribution < -0.4 is 15.2 Å². The molecule has 1 rings (SSSR count). The Morgan fingerprint density at radius 3 is 2.48 bits per heavy atom. The van der Waals surface area contributed by atoms with Crippen LogP contribution in [0.25, 0.3) is 0 Å². The van der Waals surface area contributed by atoms with E-state index in [4.69, 9.17) is 5.73 Å². The first-order valence-corrected chi connectivity index (χ1v) is 9.65. The summed E-state index contributed by atoms with van der Waals surface area (Å²) < 4.78 is 52.9. The maximum absolute atomic E-state index is 12.1. The summed E-state index contributed by atoms with van der Waals surface area (Å²) in [6.07, 6.45) is 2.12. The molecule has 4 N–H and O–H groups in total. The molecule has 1 aromatic heterocycles. The molecular weight excluding hydrogens is 318 g/mol. The molecule has 0 unspecified atom stereocenters. The van der Waals surface area contributed by atoms with Crippen LogP contribution in [-0.2, 0) is 26.6 Å². The maximum atomic E-state index is 12.1. The summed E-state index contributed by atoms with van der Waals surface area (Å²) in [6.45, 7) is 4.14. The number of aryl methyl sites for hydroxylation is 1. The smallest absolute Gasteiger partial charge is 0.245 e. The molecule has 0 aliphatic heterocycles. The zero-order chi connectivity index (χ0) is 16.1. The van der Waals surface area contributed by atoms with Crippen LogP contribution in [0, 0.1) is 0 Å². The van der Waals surface area contributed by atoms with Gasteiger partial charge in [0.15, 0.2) is 5.82 Å². The van der Waals surface area contributed by atoms with E-state index < -0.39 is 20.0 Å². The van der Waals surface area contributed by atoms with Crippen LogP contribution in [0.1, 0.15) is 20.3 Å². The number of nitrogens with zero attached hydrogens (tertiary/aromatic N) is 2. The van der Waals surface area contributed by atoms with Gasteiger partial charge in [-0.15, -0.1) is 0 Å². The Kier molecular flexibility index (Phi) is 6.13. The number of sulfonamides is 2. The van der Waals surface area contributed by atoms with Crippen molar-refractivity contribution in [3.63, 3.8) is 0 Å². The van der Waals surface area contributed by atoms with Crippen molar-refractivity contribution in [1.82, 2.24) is 19.2 Å². The molecule has 1 aromatic rings. The highest BCUT2D eigenvalue weighted by atomic mass is 32.2. The molecule has 0 spiro atoms. The fourth-order valence-corrected chi connectivity index (χ4v) is 3.84. The normalized spacial score (nSPS) is 12.7. The standard InChI is InChI=1S/C10H21N5O4S2/c1-3-6-15-8-9(10(11)14-15)21(18,19)13-5-7-20(16,17)12-4-2/h8,12-13H,3-7H2,1-2H3,(H2,11,14). The number of hydrogen-bond donors (Lipinski definition) is 3. The number of aromatic nitrogens is 2. The van der Waals surface area contributed by atoms with Crippen LogP contribution in [0.5, 0.6) is 0 Å². The summed E-state index contributed by atoms with van der Waals surface area (Å²) in [7, 11) is -7.36. The Bertz CT molecular complexity index is 666. The van der Waals surface area contributed by atoms with Crippen molar-refractivity contribution < 1.29 is 16.8 Å². The SMILES string of the molecule is CCCn1cc(S(=O)(=O)NCCS(=O)(=O)NCC)c(N)n1. The third-order valence-corrected chi connectivity index (χ3v) is 5.47. The molecule has 0 saturated heterocycles. The minimum absolute atomic E-state index is 0.106. The average molecular weight is 339 g/mol. The Balaban J connectivity index is 2.74. The minimum atomic E-state index is -3.88. The van der Waals surface area contributed by atoms with Crippen molar-refractivity contribution >= 4 is 25.9 Å². The van der Waals surface area contributed by atoms with Gasteiger partial charge in [0.25, 0.3) is 0 Å². The molecule has 0 bridgehead atoms. The largest absolute Gasteiger partial charge is 0.381 e. The number of nitrogens with one attached hydrogen (secondary N) is 2. The Hall–Kier alpha value is -1.17. The Morgan fingerprint density at radius 2 is 1.90 bits per heavy atom. The summed E-state index contributed by atoms with van der Waals surface area (Å²) in [5.41, 5.74) is 5.58. The molecule has 0 fully saturated rings. The third-order valence-electron chi connectivity index (χ3n) is 2.52. The number of nitrogen functional groups attached to an aromatic ring is 1. The van der Waals surface area contributed by atoms with E-state index in [9.17, 15) is 16.8 Å². The van der Waals surface area contributed by atoms with Gasteiger partial charge >= 0.3 is 0 Å². The van der Waals surface area contributed by atoms with E-state index in [2.05, 4.69) is 14.5 Å². The Labute approximate surface area is 125 Å². The summed E-state index contributed by atoms with van der Waals surface area (Å²) >= 11 is 0. The molecule has 0 atom stereocenters. The van der Waals surface area contributed by atoms with Crippen LogP contribution in [-0.4, -0.2) is 45.5 Å². The van der Waals surface area contributed by atoms with Crippen molar-refractivity contribution in [3.8, 4) is 0 Å². The van der Waals surface area contributed by atoms with Crippen LogP contribution in [0.15, 0.2) is 11.1 Å². The average Bonchev–Trinajstić information content (AvgIpc) is 2.71. The van der Waals surface area contributed by atoms with E-state index >= 15 is 0 Å². The van der Waals surface area contributed by atoms with Gasteiger partial charge in [-0.2, -0.15) is 5.10 Å². The number of rotatable bonds is 9. The van der Waals surface area contributed by atoms with Crippen molar-refractivity contribution in [2.75, 3.05) is 24.6 Å². The number of nitrogens with two attached hydrogens (primary N) is 1. The van der Waals surface area contributed by atoms with Gasteiger partial charge in [-0.1, -0.05) is 13.8 Å². The van der Waals surface area contributed by atoms with Crippen LogP contribution in [0.4, 0.5) is 5.82 Å². The highest BCUT2D eigenvalue weighted by Gasteiger charge is 2.21. The summed E-state index contributed by atoms with van der Waals surface area (Å²) in [6, 6.07) is 0. The molecule has 11 heteroatoms. The van der Waals surface area contributed by atoms with Gasteiger partial charge in [0.1, 0.15) is 4.90 Å². The molecule has 0 amide bonds. The molecular formula is C10H21N5O4S2. The van der Waals surface area contributed by atoms with Crippen molar-refractivity contribution in [3.05, 3.63) is 6.20 Å². The zero-order valence-electron chi connectivity index (χ0n) is 12.0. The quantitative estimate of drug-likeness (QED) is 0.533. The van der Waals surface area contributed by atoms with Crippen LogP contribution in [0.2, 0.25) is 0 Å². The summed E-state index contributed by atoms with van der Waals surface area (Å²) in [5.74, 6) is -0.450. The first-order valence-electron chi connectivity index (χ1n) is 6.51. The van der Waals surface area contributed by atoms with Crippen molar-refractivity contribution in [1.29, 1.82) is 0 Å². The first-order chi connectivity index (χ1) is 9.72. The molecule has 21 heavy (non-hydrogen) atoms. The maximum Gasteiger partial charge on any atom is 0.245 e. The predicted octanol–water partition coefficient (Wildman–Crippen LogP) is -0.907. The lowest BCUT2D eigenvalue weighted by Crippen LogP contribution is -2.34. The van der Waals surface area contributed by atoms with E-state index in [1.165, 1.54) is 10.9 Å². The van der Waals surface area contributed by atoms with Gasteiger partial charge in [-0.25, -0.2) is 26.3 Å². The lowest BCUT2D eigenvalue weighted by atomic mass is 10.5. The number of anilines is 1. The zero-order valence-corrected chi connectivity index (χ0v) is 13.7. The monoisotopic (exact) mass is 339 g/mol. The Morgan fingerprint density at radius 1 is 1.24 bits per heavy atom. The van der Waals surface area contributed by atoms with Gasteiger partial charge in [-0.3, -0.25) is 4.68 Å². The van der Waals surface area contributed by atoms with Gasteiger partial charge in [0.2, 0.25) is 20.0 Å². The lowest BCUT2D eigenvalue weighted by molar-refractivity contribution is 0.575. The molecule has 0 aliphatic rings. The minimum Gasteiger partial charge on any atom is -0.381 e. The third kappa shape index (κ3) is 5.26. The van der Waals surface area contributed by atoms with Crippen molar-refractivity contribution in [2.24, 2.45) is 0 Å². The topological polar surface area (TPSA) is 136 Å². The molecule has 1 heterocycles. The molecule has 9 nitrogen and oxygen atoms in total. The van der Waals surface area contributed by atoms with Gasteiger partial charge < -0.3 is 5.73 Å². The molecule has 0 radical (unpaired) electrons. The number of hydrogen-bond acceptors (Lipinski definition) is 6. The van der Waals surface area contributed by atoms with E-state index in [1.807, 2.05) is 6.92 Å². The molecule has 0 saturated carbocycles. The lowest BCUT2D eigenvalue weighted by Gasteiger charge is -2.06. The second-order valence-corrected chi connectivity index (χ2v) is 8.02. The molecule has 122 valence electrons. The fourth-order valence-electron chi connectivity index (χ4n) is 1.65. The van der Waals surface area contributed by atoms with Gasteiger partial charge in [0.05, 0.1) is 5.75 Å². The van der Waals surface area contributed by atoms with Crippen LogP contribution in [0.3, 0.4) is 0 Å². The van der Waals surface area contributed by atoms with E-state index in [1.54, 1.807) is 6.92 Å².